The van der Waals surface area contributed by atoms with E-state index >= 15 is 0 Å². The maximum atomic E-state index is 13.5. The number of nitrogen functional groups attached to an aromatic ring is 1. The lowest BCUT2D eigenvalue weighted by Gasteiger charge is -2.49. The number of aromatic hydroxyl groups is 1. The molecule has 0 aliphatic carbocycles. The highest BCUT2D eigenvalue weighted by Gasteiger charge is 2.54. The monoisotopic (exact) mass is 690 g/mol. The van der Waals surface area contributed by atoms with Gasteiger partial charge in [-0.1, -0.05) is 0 Å². The Kier molecular flexibility index (Phi) is 9.21. The summed E-state index contributed by atoms with van der Waals surface area (Å²) in [5.41, 5.74) is 4.42. The molecule has 0 radical (unpaired) electrons. The van der Waals surface area contributed by atoms with Gasteiger partial charge < -0.3 is 36.9 Å². The van der Waals surface area contributed by atoms with Crippen molar-refractivity contribution in [3.63, 3.8) is 0 Å². The zero-order chi connectivity index (χ0) is 33.3. The van der Waals surface area contributed by atoms with E-state index < -0.39 is 64.0 Å². The molecule has 1 saturated heterocycles. The van der Waals surface area contributed by atoms with Gasteiger partial charge in [-0.25, -0.2) is 14.6 Å². The molecule has 1 fully saturated rings. The van der Waals surface area contributed by atoms with Gasteiger partial charge in [-0.15, -0.1) is 34.9 Å². The van der Waals surface area contributed by atoms with Crippen molar-refractivity contribution in [1.82, 2.24) is 25.2 Å². The van der Waals surface area contributed by atoms with Crippen molar-refractivity contribution in [2.45, 2.75) is 28.9 Å². The quantitative estimate of drug-likeness (QED) is 0.0563. The van der Waals surface area contributed by atoms with E-state index in [2.05, 4.69) is 15.6 Å². The number of nitrogens with zero attached hydrogens (tertiary/aromatic N) is 4. The third-order valence-corrected chi connectivity index (χ3v) is 9.89. The molecule has 240 valence electrons. The molecule has 2 aliphatic rings. The zero-order valence-corrected chi connectivity index (χ0v) is 25.7. The van der Waals surface area contributed by atoms with Crippen molar-refractivity contribution in [2.75, 3.05) is 17.2 Å². The van der Waals surface area contributed by atoms with Gasteiger partial charge in [0, 0.05) is 40.0 Å². The molecule has 3 atom stereocenters. The van der Waals surface area contributed by atoms with Crippen molar-refractivity contribution < 1.29 is 49.1 Å². The first-order valence-electron chi connectivity index (χ1n) is 13.0. The zero-order valence-electron chi connectivity index (χ0n) is 23.2. The molecule has 0 bridgehead atoms. The largest absolute Gasteiger partial charge is 0.503 e. The highest BCUT2D eigenvalue weighted by Crippen LogP contribution is 2.41. The first-order chi connectivity index (χ1) is 21.8. The van der Waals surface area contributed by atoms with Crippen LogP contribution in [0.3, 0.4) is 0 Å². The number of anilines is 1. The molecule has 0 spiro atoms. The van der Waals surface area contributed by atoms with Crippen LogP contribution < -0.4 is 26.4 Å². The first-order valence-corrected chi connectivity index (χ1v) is 16.0. The maximum absolute atomic E-state index is 13.5. The fourth-order valence-corrected chi connectivity index (χ4v) is 7.56. The normalized spacial score (nSPS) is 17.9. The minimum atomic E-state index is -1.54. The summed E-state index contributed by atoms with van der Waals surface area (Å²) in [4.78, 5) is 80.5. The standard InChI is InChI=1S/C26H23N7O10S3/c27-26-28-13(10-46-26)18(29-21(38)14-5-15(34)16(35)6-32(14)43)22(39)30-19-23(40)33-20(25(41)42)11(9-45-24(19)33)8-44-12-1-3-31(4-2-12)7-17(36)37/h1-6,10,18-19,24,43H,7-9H2,(H6-,27,28,29,30,35,36,37,38,39,41,42)/p+1/t18?,19-,24-/m1/s1. The highest BCUT2D eigenvalue weighted by atomic mass is 32.2. The Morgan fingerprint density at radius 1 is 1.20 bits per heavy atom. The number of pyridine rings is 2. The van der Waals surface area contributed by atoms with Crippen LogP contribution in [0.2, 0.25) is 0 Å². The van der Waals surface area contributed by atoms with Crippen molar-refractivity contribution in [2.24, 2.45) is 0 Å². The number of aromatic nitrogens is 3. The van der Waals surface area contributed by atoms with Gasteiger partial charge in [0.15, 0.2) is 29.3 Å². The number of nitrogens with one attached hydrogen (secondary N) is 2. The molecule has 5 rings (SSSR count). The second kappa shape index (κ2) is 13.1. The lowest BCUT2D eigenvalue weighted by atomic mass is 10.0. The second-order valence-electron chi connectivity index (χ2n) is 9.81. The third kappa shape index (κ3) is 6.62. The fraction of sp³-hybridized carbons (Fsp3) is 0.231. The number of rotatable bonds is 11. The molecule has 8 N–H and O–H groups in total. The van der Waals surface area contributed by atoms with Gasteiger partial charge >= 0.3 is 11.9 Å². The molecule has 3 amide bonds. The van der Waals surface area contributed by atoms with Crippen LogP contribution in [0.15, 0.2) is 63.1 Å². The summed E-state index contributed by atoms with van der Waals surface area (Å²) in [6, 6.07) is 1.35. The predicted octanol–water partition coefficient (Wildman–Crippen LogP) is -0.796. The van der Waals surface area contributed by atoms with Gasteiger partial charge in [0.05, 0.1) is 11.9 Å². The maximum Gasteiger partial charge on any atom is 0.370 e. The SMILES string of the molecule is Nc1nc(C(NC(=O)c2cc(=O)c(O)cn2O)C(=O)N[C@@H]2C(=O)N3C(C(=O)O)=C(CSc4cc[n+](CC(=O)O)cc4)CS[C@H]23)cs1. The van der Waals surface area contributed by atoms with E-state index in [-0.39, 0.29) is 39.3 Å². The number of carboxylic acid groups (broad SMARTS) is 2. The van der Waals surface area contributed by atoms with Crippen LogP contribution in [-0.2, 0) is 25.7 Å². The van der Waals surface area contributed by atoms with Gasteiger partial charge in [0.25, 0.3) is 11.8 Å². The summed E-state index contributed by atoms with van der Waals surface area (Å²) >= 11 is 3.52. The summed E-state index contributed by atoms with van der Waals surface area (Å²) in [6.07, 6.45) is 3.78. The van der Waals surface area contributed by atoms with Crippen LogP contribution >= 0.6 is 34.9 Å². The van der Waals surface area contributed by atoms with Crippen molar-refractivity contribution in [1.29, 1.82) is 0 Å². The van der Waals surface area contributed by atoms with E-state index in [1.807, 2.05) is 0 Å². The third-order valence-electron chi connectivity index (χ3n) is 6.76. The number of carbonyl (C=O) groups excluding carboxylic acids is 3. The van der Waals surface area contributed by atoms with E-state index in [1.165, 1.54) is 33.5 Å². The average molecular weight is 691 g/mol. The Bertz CT molecular complexity index is 1840. The summed E-state index contributed by atoms with van der Waals surface area (Å²) in [5.74, 6) is -5.34. The lowest BCUT2D eigenvalue weighted by Crippen LogP contribution is -2.71. The molecule has 0 aromatic carbocycles. The number of nitrogens with two attached hydrogens (primary N) is 1. The highest BCUT2D eigenvalue weighted by molar-refractivity contribution is 8.01. The van der Waals surface area contributed by atoms with Gasteiger partial charge in [-0.05, 0) is 5.57 Å². The minimum Gasteiger partial charge on any atom is -0.503 e. The van der Waals surface area contributed by atoms with E-state index in [9.17, 15) is 44.2 Å². The minimum absolute atomic E-state index is 0.00119. The molecule has 3 aromatic heterocycles. The number of thiazole rings is 1. The smallest absolute Gasteiger partial charge is 0.370 e. The van der Waals surface area contributed by atoms with Crippen molar-refractivity contribution in [3.8, 4) is 5.75 Å². The number of amides is 3. The first kappa shape index (κ1) is 32.3. The lowest BCUT2D eigenvalue weighted by molar-refractivity contribution is -0.686. The number of β-lactam (4-membered cyclic amide) rings is 1. The molecule has 0 saturated carbocycles. The summed E-state index contributed by atoms with van der Waals surface area (Å²) < 4.78 is 1.67. The summed E-state index contributed by atoms with van der Waals surface area (Å²) in [7, 11) is 0. The van der Waals surface area contributed by atoms with E-state index in [0.717, 1.165) is 21.1 Å². The van der Waals surface area contributed by atoms with E-state index in [0.29, 0.717) is 17.8 Å². The van der Waals surface area contributed by atoms with Crippen molar-refractivity contribution >= 4 is 69.7 Å². The Morgan fingerprint density at radius 3 is 2.54 bits per heavy atom. The molecule has 2 aliphatic heterocycles. The van der Waals surface area contributed by atoms with E-state index in [1.54, 1.807) is 24.5 Å². The fourth-order valence-electron chi connectivity index (χ4n) is 4.60. The summed E-state index contributed by atoms with van der Waals surface area (Å²) in [5, 5.41) is 44.0. The van der Waals surface area contributed by atoms with Crippen LogP contribution in [0.4, 0.5) is 5.13 Å². The van der Waals surface area contributed by atoms with Crippen molar-refractivity contribution in [3.05, 3.63) is 75.1 Å². The van der Waals surface area contributed by atoms with Gasteiger partial charge in [-0.2, -0.15) is 9.30 Å². The average Bonchev–Trinajstić information content (AvgIpc) is 3.44. The van der Waals surface area contributed by atoms with E-state index in [4.69, 9.17) is 10.8 Å². The van der Waals surface area contributed by atoms with Gasteiger partial charge in [0.1, 0.15) is 22.8 Å². The molecule has 17 nitrogen and oxygen atoms in total. The number of fused-ring (bicyclic) bond motifs is 1. The number of carbonyl (C=O) groups is 5. The van der Waals surface area contributed by atoms with Crippen LogP contribution in [0.1, 0.15) is 22.2 Å². The van der Waals surface area contributed by atoms with Gasteiger partial charge in [0.2, 0.25) is 17.9 Å². The Morgan fingerprint density at radius 2 is 1.91 bits per heavy atom. The Balaban J connectivity index is 1.30. The molecular weight excluding hydrogens is 667 g/mol. The number of carboxylic acids is 2. The Labute approximate surface area is 270 Å². The van der Waals surface area contributed by atoms with Crippen LogP contribution in [0.25, 0.3) is 0 Å². The van der Waals surface area contributed by atoms with Gasteiger partial charge in [-0.3, -0.25) is 24.1 Å². The molecular formula is C26H24N7O10S3+. The number of hydrogen-bond donors (Lipinski definition) is 7. The molecule has 20 heteroatoms. The van der Waals surface area contributed by atoms with Crippen LogP contribution in [0, 0.1) is 0 Å². The predicted molar refractivity (Wildman–Crippen MR) is 161 cm³/mol. The number of aliphatic carboxylic acids is 2. The second-order valence-corrected chi connectivity index (χ2v) is 12.9. The van der Waals surface area contributed by atoms with Crippen LogP contribution in [-0.4, -0.2) is 87.7 Å². The Hall–Kier alpha value is -5.08. The summed E-state index contributed by atoms with van der Waals surface area (Å²) in [6.45, 7) is -0.208. The van der Waals surface area contributed by atoms with Crippen LogP contribution in [0.5, 0.6) is 5.75 Å². The number of hydrogen-bond acceptors (Lipinski definition) is 13. The topological polar surface area (TPSA) is 258 Å². The molecule has 3 aromatic rings. The molecule has 5 heterocycles. The molecule has 46 heavy (non-hydrogen) atoms. The number of thioether (sulfide) groups is 2. The molecule has 1 unspecified atom stereocenters.